The molecule has 0 spiro atoms. The van der Waals surface area contributed by atoms with Gasteiger partial charge in [-0.3, -0.25) is 0 Å². The number of ether oxygens (including phenoxy) is 1. The van der Waals surface area contributed by atoms with Crippen molar-refractivity contribution in [1.82, 2.24) is 4.31 Å². The maximum Gasteiger partial charge on any atom is 0.368 e. The highest BCUT2D eigenvalue weighted by molar-refractivity contribution is 7.89. The molecule has 1 heterocycles. The minimum atomic E-state index is -3.59. The molecule has 1 aliphatic heterocycles. The van der Waals surface area contributed by atoms with Crippen molar-refractivity contribution < 1.29 is 28.0 Å². The van der Waals surface area contributed by atoms with Crippen molar-refractivity contribution in [1.29, 1.82) is 0 Å². The number of hydrogen-bond donors (Lipinski definition) is 2. The van der Waals surface area contributed by atoms with Crippen molar-refractivity contribution >= 4 is 16.0 Å². The Balaban J connectivity index is 1.75. The van der Waals surface area contributed by atoms with Crippen LogP contribution in [-0.2, 0) is 19.6 Å². The van der Waals surface area contributed by atoms with Crippen LogP contribution in [0.15, 0.2) is 59.5 Å². The van der Waals surface area contributed by atoms with Gasteiger partial charge in [0.1, 0.15) is 6.10 Å². The van der Waals surface area contributed by atoms with Crippen LogP contribution >= 0.6 is 0 Å². The lowest BCUT2D eigenvalue weighted by molar-refractivity contribution is -0.924. The molecule has 3 rings (SSSR count). The number of carbonyl (C=O) groups is 1. The normalized spacial score (nSPS) is 18.0. The second-order valence-corrected chi connectivity index (χ2v) is 9.40. The number of aliphatic hydroxyl groups is 1. The van der Waals surface area contributed by atoms with Crippen LogP contribution in [0.5, 0.6) is 0 Å². The third-order valence-corrected chi connectivity index (χ3v) is 7.37. The number of hydrogen-bond acceptors (Lipinski definition) is 5. The van der Waals surface area contributed by atoms with Crippen molar-refractivity contribution in [2.75, 3.05) is 32.8 Å². The van der Waals surface area contributed by atoms with Crippen LogP contribution in [-0.4, -0.2) is 62.6 Å². The average molecular weight is 434 g/mol. The van der Waals surface area contributed by atoms with E-state index in [9.17, 15) is 18.3 Å². The summed E-state index contributed by atoms with van der Waals surface area (Å²) in [6.45, 7) is 5.19. The van der Waals surface area contributed by atoms with E-state index in [0.717, 1.165) is 10.5 Å². The first kappa shape index (κ1) is 22.4. The minimum absolute atomic E-state index is 0.220. The van der Waals surface area contributed by atoms with Gasteiger partial charge in [-0.15, -0.1) is 0 Å². The Morgan fingerprint density at radius 2 is 1.70 bits per heavy atom. The average Bonchev–Trinajstić information content (AvgIpc) is 2.75. The van der Waals surface area contributed by atoms with Gasteiger partial charge in [0.2, 0.25) is 16.1 Å². The Morgan fingerprint density at radius 3 is 2.27 bits per heavy atom. The van der Waals surface area contributed by atoms with Crippen molar-refractivity contribution in [2.24, 2.45) is 0 Å². The third kappa shape index (κ3) is 4.89. The molecule has 1 fully saturated rings. The Bertz CT molecular complexity index is 939. The number of quaternary nitrogens is 1. The van der Waals surface area contributed by atoms with Crippen molar-refractivity contribution in [3.63, 3.8) is 0 Å². The van der Waals surface area contributed by atoms with Gasteiger partial charge >= 0.3 is 5.97 Å². The highest BCUT2D eigenvalue weighted by Crippen LogP contribution is 2.18. The number of aryl methyl sites for hydroxylation is 1. The van der Waals surface area contributed by atoms with Gasteiger partial charge in [0.05, 0.1) is 37.7 Å². The summed E-state index contributed by atoms with van der Waals surface area (Å²) in [4.78, 5) is 13.7. The number of esters is 1. The van der Waals surface area contributed by atoms with Crippen LogP contribution < -0.4 is 4.90 Å². The fraction of sp³-hybridized carbons (Fsp3) is 0.409. The smallest absolute Gasteiger partial charge is 0.368 e. The van der Waals surface area contributed by atoms with Gasteiger partial charge < -0.3 is 14.7 Å². The maximum atomic E-state index is 12.9. The fourth-order valence-corrected chi connectivity index (χ4v) is 5.22. The number of benzene rings is 2. The van der Waals surface area contributed by atoms with Gasteiger partial charge in [0.25, 0.3) is 0 Å². The zero-order valence-corrected chi connectivity index (χ0v) is 18.1. The molecule has 2 atom stereocenters. The number of nitrogens with one attached hydrogen (secondary N) is 1. The monoisotopic (exact) mass is 433 g/mol. The molecule has 30 heavy (non-hydrogen) atoms. The molecule has 2 aromatic carbocycles. The predicted octanol–water partition coefficient (Wildman–Crippen LogP) is 0.550. The first-order chi connectivity index (χ1) is 14.3. The first-order valence-electron chi connectivity index (χ1n) is 10.2. The summed E-state index contributed by atoms with van der Waals surface area (Å²) in [5.74, 6) is -0.473. The van der Waals surface area contributed by atoms with E-state index in [1.807, 2.05) is 25.1 Å². The van der Waals surface area contributed by atoms with E-state index in [4.69, 9.17) is 4.74 Å². The van der Waals surface area contributed by atoms with Gasteiger partial charge in [0.15, 0.2) is 0 Å². The summed E-state index contributed by atoms with van der Waals surface area (Å²) in [6.07, 6.45) is -1.03. The van der Waals surface area contributed by atoms with Gasteiger partial charge in [-0.1, -0.05) is 48.0 Å². The molecular formula is C22H29N2O5S+. The first-order valence-corrected chi connectivity index (χ1v) is 11.6. The molecule has 0 unspecified atom stereocenters. The lowest BCUT2D eigenvalue weighted by atomic mass is 10.0. The van der Waals surface area contributed by atoms with Crippen molar-refractivity contribution in [3.8, 4) is 0 Å². The van der Waals surface area contributed by atoms with Crippen LogP contribution in [0.1, 0.15) is 24.2 Å². The fourth-order valence-electron chi connectivity index (χ4n) is 3.78. The van der Waals surface area contributed by atoms with Gasteiger partial charge in [-0.2, -0.15) is 4.31 Å². The largest absolute Gasteiger partial charge is 0.462 e. The third-order valence-electron chi connectivity index (χ3n) is 5.46. The quantitative estimate of drug-likeness (QED) is 0.623. The minimum Gasteiger partial charge on any atom is -0.462 e. The number of piperazine rings is 1. The SMILES string of the molecule is CCOC(=O)[C@@H]([C@@H](O)c1ccccc1)[NH+]1CCN(S(=O)(=O)c2ccc(C)cc2)CC1. The molecule has 162 valence electrons. The predicted molar refractivity (Wildman–Crippen MR) is 112 cm³/mol. The second kappa shape index (κ2) is 9.70. The van der Waals surface area contributed by atoms with Crippen LogP contribution in [0.3, 0.4) is 0 Å². The van der Waals surface area contributed by atoms with Crippen molar-refractivity contribution in [2.45, 2.75) is 30.9 Å². The molecule has 0 amide bonds. The summed E-state index contributed by atoms with van der Waals surface area (Å²) < 4.78 is 32.6. The Kier molecular flexibility index (Phi) is 7.25. The molecule has 0 radical (unpaired) electrons. The number of rotatable bonds is 7. The molecule has 0 aromatic heterocycles. The maximum absolute atomic E-state index is 12.9. The molecule has 8 heteroatoms. The number of aliphatic hydroxyl groups excluding tert-OH is 1. The summed E-state index contributed by atoms with van der Waals surface area (Å²) in [5, 5.41) is 10.9. The van der Waals surface area contributed by atoms with Crippen molar-refractivity contribution in [3.05, 3.63) is 65.7 Å². The number of sulfonamides is 1. The van der Waals surface area contributed by atoms with Gasteiger partial charge in [0, 0.05) is 0 Å². The van der Waals surface area contributed by atoms with E-state index in [0.29, 0.717) is 18.7 Å². The summed E-state index contributed by atoms with van der Waals surface area (Å²) >= 11 is 0. The standard InChI is InChI=1S/C22H28N2O5S/c1-3-29-22(26)20(21(25)18-7-5-4-6-8-18)23-13-15-24(16-14-23)30(27,28)19-11-9-17(2)10-12-19/h4-12,20-21,25H,3,13-16H2,1-2H3/p+1/t20-,21+/m1/s1. The molecule has 1 saturated heterocycles. The van der Waals surface area contributed by atoms with E-state index >= 15 is 0 Å². The van der Waals surface area contributed by atoms with E-state index in [-0.39, 0.29) is 24.6 Å². The summed E-state index contributed by atoms with van der Waals surface area (Å²) in [7, 11) is -3.59. The van der Waals surface area contributed by atoms with Crippen LogP contribution in [0, 0.1) is 6.92 Å². The Morgan fingerprint density at radius 1 is 1.10 bits per heavy atom. The molecule has 7 nitrogen and oxygen atoms in total. The highest BCUT2D eigenvalue weighted by Gasteiger charge is 2.42. The van der Waals surface area contributed by atoms with E-state index in [1.165, 1.54) is 4.31 Å². The number of carbonyl (C=O) groups excluding carboxylic acids is 1. The second-order valence-electron chi connectivity index (χ2n) is 7.46. The molecule has 0 aliphatic carbocycles. The van der Waals surface area contributed by atoms with Crippen LogP contribution in [0.2, 0.25) is 0 Å². The summed E-state index contributed by atoms with van der Waals surface area (Å²) in [6, 6.07) is 15.0. The molecule has 0 bridgehead atoms. The number of nitrogens with zero attached hydrogens (tertiary/aromatic N) is 1. The summed E-state index contributed by atoms with van der Waals surface area (Å²) in [5.41, 5.74) is 1.63. The molecule has 2 aromatic rings. The molecule has 0 saturated carbocycles. The van der Waals surface area contributed by atoms with E-state index < -0.39 is 28.1 Å². The highest BCUT2D eigenvalue weighted by atomic mass is 32.2. The topological polar surface area (TPSA) is 88.3 Å². The molecular weight excluding hydrogens is 404 g/mol. The lowest BCUT2D eigenvalue weighted by Gasteiger charge is -2.36. The van der Waals surface area contributed by atoms with Crippen LogP contribution in [0.4, 0.5) is 0 Å². The molecule has 2 N–H and O–H groups in total. The van der Waals surface area contributed by atoms with Crippen LogP contribution in [0.25, 0.3) is 0 Å². The van der Waals surface area contributed by atoms with E-state index in [1.54, 1.807) is 43.3 Å². The molecule has 1 aliphatic rings. The zero-order valence-electron chi connectivity index (χ0n) is 17.3. The van der Waals surface area contributed by atoms with E-state index in [2.05, 4.69) is 0 Å². The lowest BCUT2D eigenvalue weighted by Crippen LogP contribution is -3.19. The van der Waals surface area contributed by atoms with Gasteiger partial charge in [-0.05, 0) is 31.5 Å². The zero-order chi connectivity index (χ0) is 21.7. The Labute approximate surface area is 177 Å². The van der Waals surface area contributed by atoms with Gasteiger partial charge in [-0.25, -0.2) is 13.2 Å². The Hall–Kier alpha value is -2.26.